The molecule has 4 aromatic carbocycles. The molecule has 436 valence electrons. The van der Waals surface area contributed by atoms with E-state index < -0.39 is 47.6 Å². The smallest absolute Gasteiger partial charge is 0.363 e. The number of piperidine rings is 1. The summed E-state index contributed by atoms with van der Waals surface area (Å²) in [6.07, 6.45) is -6.78. The van der Waals surface area contributed by atoms with E-state index in [9.17, 15) is 50.3 Å². The number of hydrogen-bond acceptors (Lipinski definition) is 5. The Balaban J connectivity index is 0.000000349. The van der Waals surface area contributed by atoms with Crippen molar-refractivity contribution in [1.29, 1.82) is 0 Å². The Bertz CT molecular complexity index is 2880. The third-order valence-electron chi connectivity index (χ3n) is 14.2. The van der Waals surface area contributed by atoms with E-state index in [1.165, 1.54) is 36.0 Å². The van der Waals surface area contributed by atoms with Gasteiger partial charge in [0.15, 0.2) is 5.91 Å². The largest absolute Gasteiger partial charge is 0.416 e. The van der Waals surface area contributed by atoms with Gasteiger partial charge in [-0.25, -0.2) is 9.59 Å². The second kappa shape index (κ2) is 30.1. The number of alkyl halides is 6. The molecule has 0 spiro atoms. The summed E-state index contributed by atoms with van der Waals surface area (Å²) in [5, 5.41) is 1.53. The molecule has 3 aliphatic rings. The van der Waals surface area contributed by atoms with Crippen molar-refractivity contribution in [3.8, 4) is 0 Å². The zero-order chi connectivity index (χ0) is 58.4. The van der Waals surface area contributed by atoms with E-state index >= 15 is 0 Å². The maximum atomic E-state index is 13.8. The van der Waals surface area contributed by atoms with Gasteiger partial charge in [-0.2, -0.15) is 54.0 Å². The van der Waals surface area contributed by atoms with Gasteiger partial charge in [-0.15, -0.1) is 0 Å². The summed E-state index contributed by atoms with van der Waals surface area (Å²) in [4.78, 5) is 77.1. The van der Waals surface area contributed by atoms with Crippen LogP contribution in [0.4, 0.5) is 47.3 Å². The van der Waals surface area contributed by atoms with E-state index in [1.807, 2.05) is 18.7 Å². The van der Waals surface area contributed by atoms with Crippen molar-refractivity contribution < 1.29 is 116 Å². The van der Waals surface area contributed by atoms with Crippen molar-refractivity contribution >= 4 is 87.6 Å². The number of nitrogens with zero attached hydrogens (tertiary/aromatic N) is 7. The third kappa shape index (κ3) is 18.8. The third-order valence-corrected chi connectivity index (χ3v) is 15.7. The number of carbonyl (C=O) groups excluding carboxylic acids is 5. The maximum Gasteiger partial charge on any atom is 0.416 e. The van der Waals surface area contributed by atoms with Gasteiger partial charge in [-0.3, -0.25) is 25.3 Å². The standard InChI is InChI=1S/C32H38Cl2F3N4O3.C25H27Cl2F3N3O2.2Y/c1-20(2)13-29(42)39-9-7-23(8-10-39)30(43)40-11-12-41(26(19-40)16-22-5-6-27(33)28(34)17-22)31(44)38(4)25-15-21(3)14-24(18-25)32(35,36)37;1-15(2)23(34)32-7-8-33(20(14-32)11-17-5-6-21(26)22(27)12-17)24(35)31(4)19-10-16(3)9-18(13-19)25(28,29)30;;/h5-6,14-15,17-18,23,26H,7-13,16,19H2,1-4H3;5-6,9-10,12-13,20H,7-8,11,14H2,1-4H3;;/q2*-1;;/t26-;20-;;/m11../s1. The van der Waals surface area contributed by atoms with Crippen molar-refractivity contribution in [1.82, 2.24) is 24.5 Å². The number of anilines is 2. The summed E-state index contributed by atoms with van der Waals surface area (Å²) in [6.45, 7) is 13.1. The quantitative estimate of drug-likeness (QED) is 0.116. The average Bonchev–Trinajstić information content (AvgIpc) is 3.40. The van der Waals surface area contributed by atoms with Gasteiger partial charge in [0.05, 0.1) is 49.2 Å². The molecule has 12 nitrogen and oxygen atoms in total. The first kappa shape index (κ1) is 70.1. The first-order valence-electron chi connectivity index (χ1n) is 25.7. The van der Waals surface area contributed by atoms with E-state index in [1.54, 1.807) is 83.7 Å². The molecule has 7 rings (SSSR count). The summed E-state index contributed by atoms with van der Waals surface area (Å²) < 4.78 is 80.6. The number of benzene rings is 4. The Labute approximate surface area is 541 Å². The first-order chi connectivity index (χ1) is 36.9. The molecule has 2 atom stereocenters. The molecule has 0 N–H and O–H groups in total. The molecule has 3 fully saturated rings. The van der Waals surface area contributed by atoms with Gasteiger partial charge in [0.25, 0.3) is 0 Å². The van der Waals surface area contributed by atoms with Gasteiger partial charge >= 0.3 is 24.4 Å². The molecule has 0 unspecified atom stereocenters. The van der Waals surface area contributed by atoms with E-state index in [2.05, 4.69) is 0 Å². The Morgan fingerprint density at radius 3 is 1.35 bits per heavy atom. The molecule has 3 aliphatic heterocycles. The monoisotopic (exact) mass is 1360 g/mol. The van der Waals surface area contributed by atoms with Crippen molar-refractivity contribution in [2.45, 2.75) is 98.1 Å². The van der Waals surface area contributed by atoms with Crippen LogP contribution in [0.3, 0.4) is 0 Å². The van der Waals surface area contributed by atoms with Crippen molar-refractivity contribution in [3.05, 3.63) is 138 Å². The van der Waals surface area contributed by atoms with Crippen LogP contribution in [0.2, 0.25) is 20.1 Å². The normalized spacial score (nSPS) is 16.9. The molecular formula is C57H65Cl4F6N7O5Y2-2. The second-order valence-electron chi connectivity index (χ2n) is 21.0. The topological polar surface area (TPSA) is 108 Å². The molecule has 81 heavy (non-hydrogen) atoms. The number of aryl methyl sites for hydroxylation is 2. The first-order valence-corrected chi connectivity index (χ1v) is 27.2. The fourth-order valence-corrected chi connectivity index (χ4v) is 10.7. The second-order valence-corrected chi connectivity index (χ2v) is 22.6. The number of halogens is 10. The molecule has 4 aromatic rings. The average molecular weight is 1360 g/mol. The van der Waals surface area contributed by atoms with Gasteiger partial charge in [0.2, 0.25) is 5.91 Å². The van der Waals surface area contributed by atoms with Crippen LogP contribution in [0.5, 0.6) is 0 Å². The van der Waals surface area contributed by atoms with E-state index in [0.29, 0.717) is 95.4 Å². The summed E-state index contributed by atoms with van der Waals surface area (Å²) >= 11 is 24.6. The van der Waals surface area contributed by atoms with Crippen molar-refractivity contribution in [2.75, 3.05) is 76.3 Å². The zero-order valence-corrected chi connectivity index (χ0v) is 55.2. The number of rotatable bonds is 10. The molecule has 3 heterocycles. The summed E-state index contributed by atoms with van der Waals surface area (Å²) in [5.74, 6) is 1.41. The Morgan fingerprint density at radius 2 is 0.963 bits per heavy atom. The molecular weight excluding hydrogens is 1300 g/mol. The summed E-state index contributed by atoms with van der Waals surface area (Å²) in [7, 11) is 2.91. The minimum absolute atomic E-state index is 0. The number of carbonyl (C=O) groups is 5. The van der Waals surface area contributed by atoms with Crippen molar-refractivity contribution in [3.63, 3.8) is 0 Å². The van der Waals surface area contributed by atoms with Crippen LogP contribution < -0.4 is 9.80 Å². The van der Waals surface area contributed by atoms with Gasteiger partial charge in [0.1, 0.15) is 0 Å². The van der Waals surface area contributed by atoms with Crippen LogP contribution in [-0.2, 0) is 105 Å². The zero-order valence-electron chi connectivity index (χ0n) is 46.5. The number of piperazine rings is 2. The summed E-state index contributed by atoms with van der Waals surface area (Å²) in [6, 6.07) is 15.7. The van der Waals surface area contributed by atoms with Crippen LogP contribution in [0.15, 0.2) is 72.8 Å². The van der Waals surface area contributed by atoms with Crippen LogP contribution in [-0.4, -0.2) is 133 Å². The van der Waals surface area contributed by atoms with E-state index in [4.69, 9.17) is 46.4 Å². The number of urea groups is 2. The van der Waals surface area contributed by atoms with E-state index in [0.717, 1.165) is 41.3 Å². The number of amides is 7. The molecule has 7 amide bonds. The fourth-order valence-electron chi connectivity index (χ4n) is 10.0. The molecule has 2 radical (unpaired) electrons. The Hall–Kier alpha value is -3.35. The molecule has 0 aromatic heterocycles. The van der Waals surface area contributed by atoms with Crippen molar-refractivity contribution in [2.24, 2.45) is 5.92 Å². The van der Waals surface area contributed by atoms with Crippen LogP contribution in [0.1, 0.15) is 80.3 Å². The summed E-state index contributed by atoms with van der Waals surface area (Å²) in [5.41, 5.74) is 1.04. The minimum atomic E-state index is -4.55. The minimum Gasteiger partial charge on any atom is -0.363 e. The SMILES string of the molecule is Cc1cc(N(C)C(=O)N2CCN(C(=O)C3CCN(C(=O)C[C-](C)C)CC3)C[C@H]2Cc2ccc(Cl)c(Cl)c2)cc(C(F)(F)F)c1.Cc1cc(N(C)C(=O)N2CCN(C(=O)[C-](C)C)C[C@H]2Cc2ccc(Cl)c(Cl)c2)cc(C(F)(F)F)c1.[Y].[Y]. The van der Waals surface area contributed by atoms with Gasteiger partial charge in [-0.1, -0.05) is 65.0 Å². The molecule has 0 saturated carbocycles. The predicted molar refractivity (Wildman–Crippen MR) is 298 cm³/mol. The number of hydrogen-bond donors (Lipinski definition) is 0. The van der Waals surface area contributed by atoms with Crippen LogP contribution in [0.25, 0.3) is 0 Å². The molecule has 0 bridgehead atoms. The van der Waals surface area contributed by atoms with Crippen LogP contribution >= 0.6 is 46.4 Å². The van der Waals surface area contributed by atoms with Gasteiger partial charge in [0, 0.05) is 149 Å². The predicted octanol–water partition coefficient (Wildman–Crippen LogP) is 13.1. The number of likely N-dealkylation sites (tertiary alicyclic amines) is 1. The van der Waals surface area contributed by atoms with Gasteiger partial charge in [-0.05, 0) is 122 Å². The molecule has 3 saturated heterocycles. The van der Waals surface area contributed by atoms with Gasteiger partial charge < -0.3 is 35.2 Å². The van der Waals surface area contributed by atoms with E-state index in [-0.39, 0.29) is 127 Å². The maximum absolute atomic E-state index is 13.8. The fraction of sp³-hybridized carbons (Fsp3) is 0.456. The molecule has 0 aliphatic carbocycles. The Morgan fingerprint density at radius 1 is 0.556 bits per heavy atom. The van der Waals surface area contributed by atoms with Crippen LogP contribution in [0, 0.1) is 31.6 Å². The molecule has 24 heteroatoms. The Kier molecular flexibility index (Phi) is 26.1.